The summed E-state index contributed by atoms with van der Waals surface area (Å²) in [4.78, 5) is 17.6. The molecule has 1 aromatic carbocycles. The molecule has 0 saturated heterocycles. The monoisotopic (exact) mass is 381 g/mol. The molecule has 3 rings (SSSR count). The van der Waals surface area contributed by atoms with Gasteiger partial charge in [-0.25, -0.2) is 4.98 Å². The van der Waals surface area contributed by atoms with Gasteiger partial charge in [0.2, 0.25) is 0 Å². The Morgan fingerprint density at radius 1 is 1.18 bits per heavy atom. The van der Waals surface area contributed by atoms with E-state index >= 15 is 0 Å². The molecule has 6 heteroatoms. The Bertz CT molecular complexity index is 933. The Labute approximate surface area is 165 Å². The van der Waals surface area contributed by atoms with Crippen molar-refractivity contribution in [3.8, 4) is 5.75 Å². The second-order valence-corrected chi connectivity index (χ2v) is 6.79. The first-order valence-electron chi connectivity index (χ1n) is 9.70. The topological polar surface area (TPSA) is 75.9 Å². The normalized spacial score (nSPS) is 12.3. The highest BCUT2D eigenvalue weighted by molar-refractivity contribution is 5.95. The average molecular weight is 381 g/mol. The molecule has 0 spiro atoms. The van der Waals surface area contributed by atoms with Crippen molar-refractivity contribution in [2.24, 2.45) is 0 Å². The van der Waals surface area contributed by atoms with Crippen LogP contribution in [0.1, 0.15) is 54.5 Å². The minimum absolute atomic E-state index is 0.109. The highest BCUT2D eigenvalue weighted by Gasteiger charge is 2.22. The number of hydrogen-bond donors (Lipinski definition) is 2. The summed E-state index contributed by atoms with van der Waals surface area (Å²) in [7, 11) is 0. The van der Waals surface area contributed by atoms with Crippen LogP contribution in [0.4, 0.5) is 0 Å². The predicted octanol–water partition coefficient (Wildman–Crippen LogP) is 3.67. The molecule has 0 radical (unpaired) electrons. The molecule has 6 nitrogen and oxygen atoms in total. The number of amides is 1. The van der Waals surface area contributed by atoms with Crippen LogP contribution in [-0.2, 0) is 0 Å². The van der Waals surface area contributed by atoms with Crippen molar-refractivity contribution in [1.29, 1.82) is 0 Å². The maximum absolute atomic E-state index is 13.0. The van der Waals surface area contributed by atoms with Gasteiger partial charge in [-0.3, -0.25) is 9.20 Å². The van der Waals surface area contributed by atoms with E-state index in [1.807, 2.05) is 42.5 Å². The summed E-state index contributed by atoms with van der Waals surface area (Å²) in [5.74, 6) is 0.382. The van der Waals surface area contributed by atoms with Gasteiger partial charge in [0, 0.05) is 6.20 Å². The fourth-order valence-electron chi connectivity index (χ4n) is 3.30. The Morgan fingerprint density at radius 3 is 2.54 bits per heavy atom. The molecule has 0 saturated carbocycles. The number of aliphatic hydroxyl groups is 1. The Hall–Kier alpha value is -2.86. The van der Waals surface area contributed by atoms with E-state index in [0.29, 0.717) is 22.8 Å². The van der Waals surface area contributed by atoms with Crippen molar-refractivity contribution in [1.82, 2.24) is 14.7 Å². The number of nitrogens with one attached hydrogen (secondary N) is 1. The van der Waals surface area contributed by atoms with Crippen LogP contribution in [0.5, 0.6) is 5.75 Å². The quantitative estimate of drug-likeness (QED) is 0.624. The smallest absolute Gasteiger partial charge is 0.270 e. The maximum atomic E-state index is 13.0. The first kappa shape index (κ1) is 19.9. The van der Waals surface area contributed by atoms with Crippen LogP contribution in [0.25, 0.3) is 5.65 Å². The lowest BCUT2D eigenvalue weighted by molar-refractivity contribution is 0.0909. The fourth-order valence-corrected chi connectivity index (χ4v) is 3.30. The van der Waals surface area contributed by atoms with Gasteiger partial charge >= 0.3 is 0 Å². The van der Waals surface area contributed by atoms with E-state index in [2.05, 4.69) is 24.1 Å². The number of fused-ring (bicyclic) bond motifs is 1. The Morgan fingerprint density at radius 2 is 1.89 bits per heavy atom. The van der Waals surface area contributed by atoms with Crippen molar-refractivity contribution in [3.05, 3.63) is 65.6 Å². The van der Waals surface area contributed by atoms with Gasteiger partial charge in [-0.1, -0.05) is 44.2 Å². The van der Waals surface area contributed by atoms with Gasteiger partial charge in [-0.05, 0) is 37.5 Å². The number of aryl methyl sites for hydroxylation is 1. The lowest BCUT2D eigenvalue weighted by atomic mass is 10.1. The van der Waals surface area contributed by atoms with E-state index in [1.165, 1.54) is 0 Å². The van der Waals surface area contributed by atoms with Crippen LogP contribution in [0.15, 0.2) is 48.7 Å². The SMILES string of the molecule is CCC(CC)Oc1cccn2c(C(=O)N[C@@H](CO)c3ccccc3)c(C)nc12. The number of nitrogens with zero attached hydrogens (tertiary/aromatic N) is 2. The molecule has 2 heterocycles. The minimum Gasteiger partial charge on any atom is -0.487 e. The van der Waals surface area contributed by atoms with Gasteiger partial charge < -0.3 is 15.2 Å². The number of carbonyl (C=O) groups excluding carboxylic acids is 1. The number of aromatic nitrogens is 2. The summed E-state index contributed by atoms with van der Waals surface area (Å²) in [6.45, 7) is 5.79. The zero-order valence-electron chi connectivity index (χ0n) is 16.6. The molecule has 0 fully saturated rings. The van der Waals surface area contributed by atoms with E-state index in [9.17, 15) is 9.90 Å². The van der Waals surface area contributed by atoms with Gasteiger partial charge in [0.15, 0.2) is 11.4 Å². The second kappa shape index (κ2) is 8.89. The molecule has 0 aliphatic rings. The summed E-state index contributed by atoms with van der Waals surface area (Å²) in [5.41, 5.74) is 2.53. The average Bonchev–Trinajstić information content (AvgIpc) is 3.07. The third-order valence-corrected chi connectivity index (χ3v) is 4.90. The maximum Gasteiger partial charge on any atom is 0.270 e. The van der Waals surface area contributed by atoms with Crippen molar-refractivity contribution >= 4 is 11.6 Å². The third kappa shape index (κ3) is 4.02. The minimum atomic E-state index is -0.484. The third-order valence-electron chi connectivity index (χ3n) is 4.90. The molecule has 3 aromatic rings. The zero-order valence-corrected chi connectivity index (χ0v) is 16.6. The van der Waals surface area contributed by atoms with Crippen LogP contribution >= 0.6 is 0 Å². The van der Waals surface area contributed by atoms with E-state index in [0.717, 1.165) is 18.4 Å². The van der Waals surface area contributed by atoms with Crippen LogP contribution in [0, 0.1) is 6.92 Å². The predicted molar refractivity (Wildman–Crippen MR) is 109 cm³/mol. The van der Waals surface area contributed by atoms with E-state index in [4.69, 9.17) is 4.74 Å². The Kier molecular flexibility index (Phi) is 6.31. The van der Waals surface area contributed by atoms with Gasteiger partial charge in [-0.2, -0.15) is 0 Å². The van der Waals surface area contributed by atoms with E-state index in [-0.39, 0.29) is 18.6 Å². The van der Waals surface area contributed by atoms with Gasteiger partial charge in [0.25, 0.3) is 5.91 Å². The number of carbonyl (C=O) groups is 1. The molecule has 2 N–H and O–H groups in total. The summed E-state index contributed by atoms with van der Waals surface area (Å²) < 4.78 is 7.84. The molecule has 1 atom stereocenters. The van der Waals surface area contributed by atoms with Crippen molar-refractivity contribution in [2.75, 3.05) is 6.61 Å². The van der Waals surface area contributed by atoms with E-state index < -0.39 is 6.04 Å². The molecule has 2 aromatic heterocycles. The molecular weight excluding hydrogens is 354 g/mol. The van der Waals surface area contributed by atoms with Crippen molar-refractivity contribution in [3.63, 3.8) is 0 Å². The molecule has 0 aliphatic heterocycles. The highest BCUT2D eigenvalue weighted by Crippen LogP contribution is 2.25. The standard InChI is InChI=1S/C22H27N3O3/c1-4-17(5-2)28-19-12-9-13-25-20(15(3)23-21(19)25)22(27)24-18(14-26)16-10-7-6-8-11-16/h6-13,17-18,26H,4-5,14H2,1-3H3,(H,24,27)/t18-/m0/s1. The first-order valence-corrected chi connectivity index (χ1v) is 9.70. The summed E-state index contributed by atoms with van der Waals surface area (Å²) in [6, 6.07) is 12.7. The lowest BCUT2D eigenvalue weighted by Gasteiger charge is -2.17. The van der Waals surface area contributed by atoms with Crippen molar-refractivity contribution in [2.45, 2.75) is 45.8 Å². The molecule has 148 valence electrons. The van der Waals surface area contributed by atoms with Crippen LogP contribution in [0.2, 0.25) is 0 Å². The molecule has 28 heavy (non-hydrogen) atoms. The highest BCUT2D eigenvalue weighted by atomic mass is 16.5. The number of pyridine rings is 1. The molecule has 0 aliphatic carbocycles. The molecule has 0 unspecified atom stereocenters. The number of hydrogen-bond acceptors (Lipinski definition) is 4. The number of rotatable bonds is 8. The van der Waals surface area contributed by atoms with E-state index in [1.54, 1.807) is 17.5 Å². The molecular formula is C22H27N3O3. The summed E-state index contributed by atoms with van der Waals surface area (Å²) in [5, 5.41) is 12.7. The fraction of sp³-hybridized carbons (Fsp3) is 0.364. The first-order chi connectivity index (χ1) is 13.6. The van der Waals surface area contributed by atoms with Crippen LogP contribution < -0.4 is 10.1 Å². The van der Waals surface area contributed by atoms with Crippen LogP contribution in [-0.4, -0.2) is 33.1 Å². The number of ether oxygens (including phenoxy) is 1. The van der Waals surface area contributed by atoms with Gasteiger partial charge in [-0.15, -0.1) is 0 Å². The van der Waals surface area contributed by atoms with Gasteiger partial charge in [0.05, 0.1) is 24.4 Å². The summed E-state index contributed by atoms with van der Waals surface area (Å²) >= 11 is 0. The largest absolute Gasteiger partial charge is 0.487 e. The summed E-state index contributed by atoms with van der Waals surface area (Å²) in [6.07, 6.45) is 3.72. The number of aliphatic hydroxyl groups excluding tert-OH is 1. The Balaban J connectivity index is 1.92. The lowest BCUT2D eigenvalue weighted by Crippen LogP contribution is -2.32. The zero-order chi connectivity index (χ0) is 20.1. The van der Waals surface area contributed by atoms with Crippen molar-refractivity contribution < 1.29 is 14.6 Å². The van der Waals surface area contributed by atoms with Crippen LogP contribution in [0.3, 0.4) is 0 Å². The number of benzene rings is 1. The second-order valence-electron chi connectivity index (χ2n) is 6.79. The molecule has 0 bridgehead atoms. The van der Waals surface area contributed by atoms with Gasteiger partial charge in [0.1, 0.15) is 5.69 Å². The number of imidazole rings is 1. The molecule has 1 amide bonds.